The molecule has 214 valence electrons. The highest BCUT2D eigenvalue weighted by atomic mass is 16.3. The van der Waals surface area contributed by atoms with Crippen LogP contribution < -0.4 is 0 Å². The van der Waals surface area contributed by atoms with Crippen LogP contribution in [0.3, 0.4) is 0 Å². The molecular weight excluding hydrogens is 560 g/mol. The standard InChI is InChI=1S/C43H26N2O/c1-2-10-27(11-3-1)37-26-44-43(34-16-7-6-14-32(34)37)45-38-21-19-29(25-36(38)42-31-13-5-4-12-28(31)18-22-39(42)45)30-20-23-41-35(24-30)33-15-8-9-17-40(33)46-41/h1-26H. The number of rotatable bonds is 3. The number of para-hydroxylation sites is 1. The molecule has 7 aromatic carbocycles. The lowest BCUT2D eigenvalue weighted by Crippen LogP contribution is -1.99. The summed E-state index contributed by atoms with van der Waals surface area (Å²) >= 11 is 0. The second kappa shape index (κ2) is 9.65. The minimum absolute atomic E-state index is 0.908. The maximum Gasteiger partial charge on any atom is 0.145 e. The van der Waals surface area contributed by atoms with E-state index in [0.29, 0.717) is 0 Å². The van der Waals surface area contributed by atoms with Gasteiger partial charge < -0.3 is 4.42 Å². The average Bonchev–Trinajstić information content (AvgIpc) is 3.66. The number of furan rings is 1. The molecule has 0 radical (unpaired) electrons. The first-order valence-electron chi connectivity index (χ1n) is 15.6. The molecule has 0 aliphatic rings. The third-order valence-electron chi connectivity index (χ3n) is 9.44. The lowest BCUT2D eigenvalue weighted by molar-refractivity contribution is 0.669. The summed E-state index contributed by atoms with van der Waals surface area (Å²) in [6.07, 6.45) is 2.03. The summed E-state index contributed by atoms with van der Waals surface area (Å²) in [5, 5.41) is 9.49. The summed E-state index contributed by atoms with van der Waals surface area (Å²) in [6, 6.07) is 54.0. The Hall–Kier alpha value is -6.19. The highest BCUT2D eigenvalue weighted by Crippen LogP contribution is 2.41. The lowest BCUT2D eigenvalue weighted by Gasteiger charge is -2.14. The van der Waals surface area contributed by atoms with E-state index in [0.717, 1.165) is 60.9 Å². The molecule has 3 nitrogen and oxygen atoms in total. The largest absolute Gasteiger partial charge is 0.456 e. The molecule has 0 atom stereocenters. The Labute approximate surface area is 264 Å². The van der Waals surface area contributed by atoms with Crippen LogP contribution in [0.2, 0.25) is 0 Å². The molecule has 3 aromatic heterocycles. The fourth-order valence-electron chi connectivity index (χ4n) is 7.31. The summed E-state index contributed by atoms with van der Waals surface area (Å²) < 4.78 is 8.49. The van der Waals surface area contributed by atoms with Crippen molar-refractivity contribution in [3.63, 3.8) is 0 Å². The SMILES string of the molecule is c1ccc(-c2cnc(-n3c4ccc(-c5ccc6oc7ccccc7c6c5)cc4c4c5ccccc5ccc43)c3ccccc23)cc1. The molecule has 0 amide bonds. The number of pyridine rings is 1. The van der Waals surface area contributed by atoms with Crippen molar-refractivity contribution in [3.05, 3.63) is 158 Å². The third-order valence-corrected chi connectivity index (χ3v) is 9.44. The monoisotopic (exact) mass is 586 g/mol. The van der Waals surface area contributed by atoms with Crippen molar-refractivity contribution in [2.24, 2.45) is 0 Å². The van der Waals surface area contributed by atoms with Gasteiger partial charge in [-0.05, 0) is 69.2 Å². The van der Waals surface area contributed by atoms with E-state index in [1.165, 1.54) is 32.5 Å². The normalized spacial score (nSPS) is 11.9. The fraction of sp³-hybridized carbons (Fsp3) is 0. The number of benzene rings is 7. The van der Waals surface area contributed by atoms with Crippen molar-refractivity contribution in [2.75, 3.05) is 0 Å². The molecule has 0 aliphatic heterocycles. The Morgan fingerprint density at radius 3 is 1.96 bits per heavy atom. The quantitative estimate of drug-likeness (QED) is 0.206. The Morgan fingerprint density at radius 2 is 1.09 bits per heavy atom. The zero-order valence-electron chi connectivity index (χ0n) is 24.8. The molecule has 0 spiro atoms. The van der Waals surface area contributed by atoms with Gasteiger partial charge in [0.1, 0.15) is 17.0 Å². The summed E-state index contributed by atoms with van der Waals surface area (Å²) in [6.45, 7) is 0. The molecule has 3 heterocycles. The van der Waals surface area contributed by atoms with Crippen molar-refractivity contribution in [3.8, 4) is 28.1 Å². The van der Waals surface area contributed by atoms with Crippen LogP contribution in [0.25, 0.3) is 93.4 Å². The summed E-state index contributed by atoms with van der Waals surface area (Å²) in [7, 11) is 0. The van der Waals surface area contributed by atoms with E-state index in [4.69, 9.17) is 9.40 Å². The van der Waals surface area contributed by atoms with Crippen LogP contribution >= 0.6 is 0 Å². The van der Waals surface area contributed by atoms with Gasteiger partial charge in [0.15, 0.2) is 0 Å². The van der Waals surface area contributed by atoms with Crippen molar-refractivity contribution < 1.29 is 4.42 Å². The molecule has 10 aromatic rings. The first-order valence-corrected chi connectivity index (χ1v) is 15.6. The summed E-state index contributed by atoms with van der Waals surface area (Å²) in [4.78, 5) is 5.20. The first-order chi connectivity index (χ1) is 22.8. The van der Waals surface area contributed by atoms with Crippen LogP contribution in [0.4, 0.5) is 0 Å². The van der Waals surface area contributed by atoms with Gasteiger partial charge in [0.25, 0.3) is 0 Å². The highest BCUT2D eigenvalue weighted by Gasteiger charge is 2.19. The lowest BCUT2D eigenvalue weighted by atomic mass is 9.99. The highest BCUT2D eigenvalue weighted by molar-refractivity contribution is 6.22. The predicted molar refractivity (Wildman–Crippen MR) is 192 cm³/mol. The van der Waals surface area contributed by atoms with Gasteiger partial charge in [0, 0.05) is 38.7 Å². The zero-order valence-corrected chi connectivity index (χ0v) is 24.8. The molecule has 0 saturated carbocycles. The summed E-state index contributed by atoms with van der Waals surface area (Å²) in [5.74, 6) is 0.935. The minimum Gasteiger partial charge on any atom is -0.456 e. The van der Waals surface area contributed by atoms with Gasteiger partial charge in [-0.25, -0.2) is 4.98 Å². The van der Waals surface area contributed by atoms with Crippen molar-refractivity contribution >= 4 is 65.3 Å². The summed E-state index contributed by atoms with van der Waals surface area (Å²) in [5.41, 5.74) is 8.74. The zero-order chi connectivity index (χ0) is 30.2. The van der Waals surface area contributed by atoms with E-state index in [-0.39, 0.29) is 0 Å². The van der Waals surface area contributed by atoms with Crippen LogP contribution in [-0.2, 0) is 0 Å². The van der Waals surface area contributed by atoms with Gasteiger partial charge in [-0.2, -0.15) is 0 Å². The maximum atomic E-state index is 6.13. The second-order valence-electron chi connectivity index (χ2n) is 12.0. The van der Waals surface area contributed by atoms with E-state index in [1.54, 1.807) is 0 Å². The molecule has 3 heteroatoms. The smallest absolute Gasteiger partial charge is 0.145 e. The van der Waals surface area contributed by atoms with E-state index < -0.39 is 0 Å². The number of aromatic nitrogens is 2. The van der Waals surface area contributed by atoms with Crippen LogP contribution in [-0.4, -0.2) is 9.55 Å². The van der Waals surface area contributed by atoms with Crippen LogP contribution in [0, 0.1) is 0 Å². The molecular formula is C43H26N2O. The van der Waals surface area contributed by atoms with Crippen LogP contribution in [0.5, 0.6) is 0 Å². The van der Waals surface area contributed by atoms with Crippen molar-refractivity contribution in [1.82, 2.24) is 9.55 Å². The number of hydrogen-bond acceptors (Lipinski definition) is 2. The Morgan fingerprint density at radius 1 is 0.435 bits per heavy atom. The molecule has 46 heavy (non-hydrogen) atoms. The first kappa shape index (κ1) is 25.2. The number of fused-ring (bicyclic) bond motifs is 9. The van der Waals surface area contributed by atoms with E-state index in [2.05, 4.69) is 144 Å². The number of nitrogens with zero attached hydrogens (tertiary/aromatic N) is 2. The molecule has 0 saturated heterocycles. The fourth-order valence-corrected chi connectivity index (χ4v) is 7.31. The van der Waals surface area contributed by atoms with E-state index >= 15 is 0 Å². The van der Waals surface area contributed by atoms with Crippen molar-refractivity contribution in [1.29, 1.82) is 0 Å². The molecule has 0 N–H and O–H groups in total. The molecule has 10 rings (SSSR count). The topological polar surface area (TPSA) is 31.0 Å². The Balaban J connectivity index is 1.27. The predicted octanol–water partition coefficient (Wildman–Crippen LogP) is 11.7. The van der Waals surface area contributed by atoms with Gasteiger partial charge in [0.05, 0.1) is 11.0 Å². The molecule has 0 bridgehead atoms. The van der Waals surface area contributed by atoms with E-state index in [1.807, 2.05) is 18.3 Å². The van der Waals surface area contributed by atoms with Gasteiger partial charge in [-0.3, -0.25) is 4.57 Å². The molecule has 0 unspecified atom stereocenters. The molecule has 0 fully saturated rings. The van der Waals surface area contributed by atoms with Gasteiger partial charge in [-0.1, -0.05) is 115 Å². The minimum atomic E-state index is 0.908. The van der Waals surface area contributed by atoms with Gasteiger partial charge in [0.2, 0.25) is 0 Å². The van der Waals surface area contributed by atoms with Crippen LogP contribution in [0.15, 0.2) is 162 Å². The third kappa shape index (κ3) is 3.63. The van der Waals surface area contributed by atoms with Gasteiger partial charge in [-0.15, -0.1) is 0 Å². The van der Waals surface area contributed by atoms with E-state index in [9.17, 15) is 0 Å². The van der Waals surface area contributed by atoms with Crippen LogP contribution in [0.1, 0.15) is 0 Å². The van der Waals surface area contributed by atoms with Gasteiger partial charge >= 0.3 is 0 Å². The number of hydrogen-bond donors (Lipinski definition) is 0. The Kier molecular flexibility index (Phi) is 5.28. The Bertz CT molecular complexity index is 2800. The molecule has 0 aliphatic carbocycles. The maximum absolute atomic E-state index is 6.13. The van der Waals surface area contributed by atoms with Crippen molar-refractivity contribution in [2.45, 2.75) is 0 Å². The average molecular weight is 587 g/mol. The second-order valence-corrected chi connectivity index (χ2v) is 12.0.